The first-order chi connectivity index (χ1) is 10.3. The van der Waals surface area contributed by atoms with E-state index in [9.17, 15) is 0 Å². The van der Waals surface area contributed by atoms with Crippen molar-refractivity contribution in [2.24, 2.45) is 5.92 Å². The lowest BCUT2D eigenvalue weighted by Gasteiger charge is -2.34. The summed E-state index contributed by atoms with van der Waals surface area (Å²) >= 11 is 0. The third-order valence-electron chi connectivity index (χ3n) is 4.64. The van der Waals surface area contributed by atoms with E-state index in [1.807, 2.05) is 0 Å². The van der Waals surface area contributed by atoms with Gasteiger partial charge in [0.25, 0.3) is 0 Å². The number of ether oxygens (including phenoxy) is 1. The summed E-state index contributed by atoms with van der Waals surface area (Å²) in [6.45, 7) is 5.59. The molecule has 2 fully saturated rings. The Balaban J connectivity index is 1.79. The molecule has 0 radical (unpaired) electrons. The van der Waals surface area contributed by atoms with Gasteiger partial charge in [0, 0.05) is 13.2 Å². The summed E-state index contributed by atoms with van der Waals surface area (Å²) in [5, 5.41) is 1.27. The molecule has 1 aromatic carbocycles. The summed E-state index contributed by atoms with van der Waals surface area (Å²) in [7, 11) is -2.33. The predicted octanol–water partition coefficient (Wildman–Crippen LogP) is 2.98. The summed E-state index contributed by atoms with van der Waals surface area (Å²) < 4.78 is 18.2. The predicted molar refractivity (Wildman–Crippen MR) is 85.9 cm³/mol. The second kappa shape index (κ2) is 6.61. The van der Waals surface area contributed by atoms with Crippen LogP contribution in [0, 0.1) is 5.92 Å². The van der Waals surface area contributed by atoms with Crippen LogP contribution < -0.4 is 5.19 Å². The molecule has 1 saturated carbocycles. The first-order valence-corrected chi connectivity index (χ1v) is 10.3. The molecule has 116 valence electrons. The molecule has 1 saturated heterocycles. The van der Waals surface area contributed by atoms with Crippen molar-refractivity contribution in [3.63, 3.8) is 0 Å². The maximum Gasteiger partial charge on any atom is 0.372 e. The zero-order chi connectivity index (χ0) is 14.7. The van der Waals surface area contributed by atoms with E-state index in [0.29, 0.717) is 18.1 Å². The summed E-state index contributed by atoms with van der Waals surface area (Å²) in [6.07, 6.45) is 4.74. The minimum atomic E-state index is -2.33. The first-order valence-electron chi connectivity index (χ1n) is 8.26. The molecule has 3 atom stereocenters. The minimum Gasteiger partial charge on any atom is -0.391 e. The third-order valence-corrected chi connectivity index (χ3v) is 8.48. The number of hydrogen-bond acceptors (Lipinski definition) is 3. The fraction of sp³-hybridized carbons (Fsp3) is 0.647. The Morgan fingerprint density at radius 2 is 1.76 bits per heavy atom. The van der Waals surface area contributed by atoms with Crippen LogP contribution in [0.3, 0.4) is 0 Å². The molecule has 1 aliphatic heterocycles. The third kappa shape index (κ3) is 3.39. The van der Waals surface area contributed by atoms with E-state index in [1.54, 1.807) is 0 Å². The van der Waals surface area contributed by atoms with Crippen molar-refractivity contribution >= 4 is 13.7 Å². The van der Waals surface area contributed by atoms with Crippen molar-refractivity contribution in [1.29, 1.82) is 0 Å². The van der Waals surface area contributed by atoms with E-state index in [4.69, 9.17) is 13.6 Å². The molecule has 0 bridgehead atoms. The van der Waals surface area contributed by atoms with Crippen molar-refractivity contribution in [3.05, 3.63) is 30.3 Å². The van der Waals surface area contributed by atoms with Crippen LogP contribution >= 0.6 is 0 Å². The van der Waals surface area contributed by atoms with Crippen molar-refractivity contribution in [2.75, 3.05) is 13.2 Å². The molecule has 0 N–H and O–H groups in total. The Morgan fingerprint density at radius 3 is 2.38 bits per heavy atom. The van der Waals surface area contributed by atoms with Gasteiger partial charge >= 0.3 is 8.56 Å². The highest BCUT2D eigenvalue weighted by Gasteiger charge is 2.48. The molecule has 3 nitrogen and oxygen atoms in total. The SMILES string of the molecule is CCO[Si](CC1CCC2OC2C1)(OCC)c1ccccc1. The van der Waals surface area contributed by atoms with Gasteiger partial charge in [-0.05, 0) is 50.3 Å². The Bertz CT molecular complexity index is 445. The van der Waals surface area contributed by atoms with Crippen LogP contribution in [0.1, 0.15) is 33.1 Å². The fourth-order valence-corrected chi connectivity index (χ4v) is 7.31. The Hall–Kier alpha value is -0.683. The van der Waals surface area contributed by atoms with Crippen LogP contribution in [0.15, 0.2) is 30.3 Å². The molecule has 3 unspecified atom stereocenters. The van der Waals surface area contributed by atoms with Gasteiger partial charge in [-0.25, -0.2) is 0 Å². The highest BCUT2D eigenvalue weighted by atomic mass is 28.4. The lowest BCUT2D eigenvalue weighted by molar-refractivity contribution is 0.187. The summed E-state index contributed by atoms with van der Waals surface area (Å²) in [5.41, 5.74) is 0. The van der Waals surface area contributed by atoms with E-state index in [2.05, 4.69) is 44.2 Å². The van der Waals surface area contributed by atoms with E-state index in [0.717, 1.165) is 19.3 Å². The maximum absolute atomic E-state index is 6.28. The number of benzene rings is 1. The zero-order valence-corrected chi connectivity index (χ0v) is 14.1. The monoisotopic (exact) mass is 306 g/mol. The average molecular weight is 306 g/mol. The number of rotatable bonds is 7. The molecular formula is C17H26O3Si. The summed E-state index contributed by atoms with van der Waals surface area (Å²) in [5.74, 6) is 0.679. The van der Waals surface area contributed by atoms with Gasteiger partial charge in [0.15, 0.2) is 0 Å². The maximum atomic E-state index is 6.28. The molecule has 0 amide bonds. The largest absolute Gasteiger partial charge is 0.391 e. The molecule has 21 heavy (non-hydrogen) atoms. The second-order valence-electron chi connectivity index (χ2n) is 6.08. The topological polar surface area (TPSA) is 31.0 Å². The molecule has 3 rings (SSSR count). The van der Waals surface area contributed by atoms with E-state index in [1.165, 1.54) is 24.4 Å². The molecular weight excluding hydrogens is 280 g/mol. The highest BCUT2D eigenvalue weighted by molar-refractivity contribution is 6.81. The van der Waals surface area contributed by atoms with Crippen LogP contribution in [0.25, 0.3) is 0 Å². The molecule has 0 spiro atoms. The van der Waals surface area contributed by atoms with Crippen molar-refractivity contribution in [3.8, 4) is 0 Å². The van der Waals surface area contributed by atoms with Gasteiger partial charge in [-0.2, -0.15) is 0 Å². The summed E-state index contributed by atoms with van der Waals surface area (Å²) in [6, 6.07) is 11.7. The standard InChI is InChI=1S/C17H26O3Si/c1-3-18-21(19-4-2,15-8-6-5-7-9-15)13-14-10-11-16-17(12-14)20-16/h5-9,14,16-17H,3-4,10-13H2,1-2H3. The van der Waals surface area contributed by atoms with Gasteiger partial charge in [0.1, 0.15) is 0 Å². The normalized spacial score (nSPS) is 28.2. The first kappa shape index (κ1) is 15.2. The quantitative estimate of drug-likeness (QED) is 0.573. The Labute approximate surface area is 128 Å². The fourth-order valence-electron chi connectivity index (χ4n) is 3.65. The molecule has 1 aliphatic carbocycles. The van der Waals surface area contributed by atoms with Gasteiger partial charge in [-0.3, -0.25) is 0 Å². The van der Waals surface area contributed by atoms with Crippen molar-refractivity contribution in [2.45, 2.75) is 51.4 Å². The van der Waals surface area contributed by atoms with Crippen molar-refractivity contribution < 1.29 is 13.6 Å². The van der Waals surface area contributed by atoms with Crippen LogP contribution in [0.4, 0.5) is 0 Å². The van der Waals surface area contributed by atoms with Crippen molar-refractivity contribution in [1.82, 2.24) is 0 Å². The average Bonchev–Trinajstić information content (AvgIpc) is 3.27. The van der Waals surface area contributed by atoms with Gasteiger partial charge < -0.3 is 13.6 Å². The lowest BCUT2D eigenvalue weighted by atomic mass is 9.91. The minimum absolute atomic E-state index is 0.523. The molecule has 4 heteroatoms. The Morgan fingerprint density at radius 1 is 1.05 bits per heavy atom. The highest BCUT2D eigenvalue weighted by Crippen LogP contribution is 2.42. The van der Waals surface area contributed by atoms with E-state index in [-0.39, 0.29) is 0 Å². The summed E-state index contributed by atoms with van der Waals surface area (Å²) in [4.78, 5) is 0. The molecule has 0 aromatic heterocycles. The number of fused-ring (bicyclic) bond motifs is 1. The van der Waals surface area contributed by atoms with Crippen LogP contribution in [0.5, 0.6) is 0 Å². The van der Waals surface area contributed by atoms with E-state index >= 15 is 0 Å². The van der Waals surface area contributed by atoms with Gasteiger partial charge in [-0.1, -0.05) is 30.3 Å². The smallest absolute Gasteiger partial charge is 0.372 e. The van der Waals surface area contributed by atoms with Crippen LogP contribution in [-0.4, -0.2) is 34.0 Å². The van der Waals surface area contributed by atoms with Gasteiger partial charge in [0.05, 0.1) is 12.2 Å². The molecule has 1 heterocycles. The van der Waals surface area contributed by atoms with Crippen LogP contribution in [-0.2, 0) is 13.6 Å². The number of epoxide rings is 1. The van der Waals surface area contributed by atoms with E-state index < -0.39 is 8.56 Å². The van der Waals surface area contributed by atoms with Gasteiger partial charge in [-0.15, -0.1) is 0 Å². The molecule has 2 aliphatic rings. The molecule has 1 aromatic rings. The Kier molecular flexibility index (Phi) is 4.79. The number of hydrogen-bond donors (Lipinski definition) is 0. The van der Waals surface area contributed by atoms with Gasteiger partial charge in [0.2, 0.25) is 0 Å². The lowest BCUT2D eigenvalue weighted by Crippen LogP contribution is -2.55. The zero-order valence-electron chi connectivity index (χ0n) is 13.1. The second-order valence-corrected chi connectivity index (χ2v) is 9.15. The van der Waals surface area contributed by atoms with Crippen LogP contribution in [0.2, 0.25) is 6.04 Å².